The first-order valence-corrected chi connectivity index (χ1v) is 22.1. The highest BCUT2D eigenvalue weighted by Crippen LogP contribution is 2.50. The van der Waals surface area contributed by atoms with Crippen LogP contribution in [0.15, 0.2) is 59.8 Å². The summed E-state index contributed by atoms with van der Waals surface area (Å²) < 4.78 is 47.0. The van der Waals surface area contributed by atoms with Crippen molar-refractivity contribution >= 4 is 23.9 Å². The number of allylic oxidation sites excluding steroid dienone is 3. The second-order valence-electron chi connectivity index (χ2n) is 18.4. The van der Waals surface area contributed by atoms with E-state index in [0.29, 0.717) is 5.57 Å². The molecule has 0 aliphatic carbocycles. The second kappa shape index (κ2) is 22.6. The number of hydrogen-bond acceptors (Lipinski definition) is 17. The normalized spacial score (nSPS) is 35.9. The smallest absolute Gasteiger partial charge is 0.331 e. The van der Waals surface area contributed by atoms with Gasteiger partial charge in [0.2, 0.25) is 5.79 Å². The number of unbranched alkanes of at least 4 members (excludes halogenated alkanes) is 1. The van der Waals surface area contributed by atoms with Gasteiger partial charge in [-0.05, 0) is 45.1 Å². The summed E-state index contributed by atoms with van der Waals surface area (Å²) in [6.45, 7) is 11.5. The van der Waals surface area contributed by atoms with Crippen molar-refractivity contribution in [1.29, 1.82) is 0 Å². The number of methoxy groups -OCH3 is 2. The Morgan fingerprint density at radius 3 is 2.20 bits per heavy atom. The number of rotatable bonds is 10. The summed E-state index contributed by atoms with van der Waals surface area (Å²) in [7, 11) is 2.41. The van der Waals surface area contributed by atoms with Gasteiger partial charge in [-0.1, -0.05) is 77.0 Å². The van der Waals surface area contributed by atoms with Gasteiger partial charge >= 0.3 is 23.9 Å². The number of ether oxygens (including phenoxy) is 8. The van der Waals surface area contributed by atoms with Crippen LogP contribution in [0.4, 0.5) is 0 Å². The fraction of sp³-hybridized carbons (Fsp3) is 0.702. The Kier molecular flexibility index (Phi) is 18.7. The molecule has 0 saturated carbocycles. The zero-order valence-corrected chi connectivity index (χ0v) is 38.6. The van der Waals surface area contributed by atoms with E-state index in [9.17, 15) is 44.7 Å². The van der Waals surface area contributed by atoms with Gasteiger partial charge in [0.15, 0.2) is 18.2 Å². The SMILES string of the molecule is CCCC=CC=CC(=O)O[C@H]1C(=CC(=O)OC)C[C@H]2C[C@H]([C@@H](C)O)OC(=O)C[C@H](O)C[C@@H]3C[C@H](O[C@@H](C)O)C(C)(C)[C@](O)(C[C@@H]4CC(=CC(=O)OC)C[C@H](C=CC(C)(C)[C@]1(O)O2)O4)O3. The maximum atomic E-state index is 13.5. The van der Waals surface area contributed by atoms with E-state index < -0.39 is 114 Å². The van der Waals surface area contributed by atoms with E-state index in [1.165, 1.54) is 46.3 Å². The third kappa shape index (κ3) is 13.6. The molecule has 0 amide bonds. The molecule has 0 radical (unpaired) electrons. The van der Waals surface area contributed by atoms with Gasteiger partial charge in [0, 0.05) is 54.7 Å². The third-order valence-corrected chi connectivity index (χ3v) is 12.4. The van der Waals surface area contributed by atoms with Gasteiger partial charge in [-0.25, -0.2) is 14.4 Å². The molecule has 3 fully saturated rings. The molecule has 3 saturated heterocycles. The average Bonchev–Trinajstić information content (AvgIpc) is 3.19. The number of carbonyl (C=O) groups excluding carboxylic acids is 4. The number of cyclic esters (lactones) is 1. The van der Waals surface area contributed by atoms with Crippen LogP contribution in [0.5, 0.6) is 0 Å². The van der Waals surface area contributed by atoms with Crippen molar-refractivity contribution in [2.75, 3.05) is 14.2 Å². The van der Waals surface area contributed by atoms with E-state index in [2.05, 4.69) is 0 Å². The van der Waals surface area contributed by atoms with E-state index in [0.717, 1.165) is 18.9 Å². The third-order valence-electron chi connectivity index (χ3n) is 12.4. The molecule has 4 aliphatic heterocycles. The van der Waals surface area contributed by atoms with E-state index in [1.807, 2.05) is 13.0 Å². The van der Waals surface area contributed by atoms with Gasteiger partial charge in [-0.15, -0.1) is 0 Å². The van der Waals surface area contributed by atoms with Crippen molar-refractivity contribution in [3.63, 3.8) is 0 Å². The molecule has 12 atom stereocenters. The zero-order chi connectivity index (χ0) is 47.6. The van der Waals surface area contributed by atoms with Crippen molar-refractivity contribution in [3.05, 3.63) is 59.8 Å². The summed E-state index contributed by atoms with van der Waals surface area (Å²) in [5.74, 6) is -7.63. The molecule has 6 bridgehead atoms. The van der Waals surface area contributed by atoms with Crippen molar-refractivity contribution in [2.24, 2.45) is 10.8 Å². The Hall–Kier alpha value is -3.78. The molecule has 17 nitrogen and oxygen atoms in total. The molecule has 5 N–H and O–H groups in total. The number of aliphatic hydroxyl groups excluding tert-OH is 3. The molecule has 4 rings (SSSR count). The van der Waals surface area contributed by atoms with Crippen LogP contribution >= 0.6 is 0 Å². The molecule has 0 unspecified atom stereocenters. The second-order valence-corrected chi connectivity index (χ2v) is 18.4. The highest BCUT2D eigenvalue weighted by atomic mass is 16.7. The minimum atomic E-state index is -2.46. The fourth-order valence-electron chi connectivity index (χ4n) is 8.64. The van der Waals surface area contributed by atoms with Crippen LogP contribution in [0.2, 0.25) is 0 Å². The molecule has 0 aromatic carbocycles. The van der Waals surface area contributed by atoms with Crippen molar-refractivity contribution in [2.45, 2.75) is 185 Å². The standard InChI is InChI=1S/C47H70O17/c1-10-11-12-13-14-15-39(51)62-43-31(22-41(53)58-9)21-34-25-37(28(2)48)61-42(54)24-32(50)23-35-26-38(59-29(3)49)45(6,7)46(55,63-35)27-36-19-30(20-40(52)57-8)18-33(60-36)16-17-44(4,5)47(43,56)64-34/h12-17,20,22,28-29,32-38,43,48-50,55-56H,10-11,18-19,21,23-27H2,1-9H3/t28-,29+,32-,33+,34+,35-,36+,37-,38+,43+,46+,47-/m1/s1. The van der Waals surface area contributed by atoms with Crippen LogP contribution in [-0.4, -0.2) is 136 Å². The first kappa shape index (κ1) is 52.8. The van der Waals surface area contributed by atoms with Crippen molar-refractivity contribution in [3.8, 4) is 0 Å². The Morgan fingerprint density at radius 2 is 1.56 bits per heavy atom. The highest BCUT2D eigenvalue weighted by molar-refractivity contribution is 5.84. The maximum Gasteiger partial charge on any atom is 0.331 e. The molecule has 4 aliphatic rings. The molecule has 0 spiro atoms. The predicted molar refractivity (Wildman–Crippen MR) is 229 cm³/mol. The van der Waals surface area contributed by atoms with E-state index >= 15 is 0 Å². The highest BCUT2D eigenvalue weighted by Gasteiger charge is 2.59. The van der Waals surface area contributed by atoms with Crippen LogP contribution < -0.4 is 0 Å². The summed E-state index contributed by atoms with van der Waals surface area (Å²) in [5, 5.41) is 57.9. The summed E-state index contributed by atoms with van der Waals surface area (Å²) in [6.07, 6.45) is 1.80. The fourth-order valence-corrected chi connectivity index (χ4v) is 8.64. The first-order chi connectivity index (χ1) is 29.9. The Bertz CT molecular complexity index is 1780. The average molecular weight is 907 g/mol. The molecule has 64 heavy (non-hydrogen) atoms. The van der Waals surface area contributed by atoms with Gasteiger partial charge in [0.25, 0.3) is 0 Å². The number of fused-ring (bicyclic) bond motifs is 6. The largest absolute Gasteiger partial charge is 0.466 e. The summed E-state index contributed by atoms with van der Waals surface area (Å²) in [5.41, 5.74) is -1.97. The Morgan fingerprint density at radius 1 is 0.875 bits per heavy atom. The lowest BCUT2D eigenvalue weighted by Gasteiger charge is -2.54. The topological polar surface area (TPSA) is 243 Å². The molecule has 4 heterocycles. The van der Waals surface area contributed by atoms with Crippen LogP contribution in [0.25, 0.3) is 0 Å². The van der Waals surface area contributed by atoms with Crippen LogP contribution in [0, 0.1) is 10.8 Å². The molecule has 360 valence electrons. The molecule has 0 aromatic rings. The van der Waals surface area contributed by atoms with Crippen LogP contribution in [0.1, 0.15) is 113 Å². The lowest BCUT2D eigenvalue weighted by atomic mass is 9.70. The van der Waals surface area contributed by atoms with E-state index in [1.54, 1.807) is 45.9 Å². The number of aliphatic hydroxyl groups is 5. The molecule has 17 heteroatoms. The van der Waals surface area contributed by atoms with Crippen molar-refractivity contribution < 1.29 is 82.6 Å². The minimum absolute atomic E-state index is 0.112. The quantitative estimate of drug-likeness (QED) is 0.0518. The van der Waals surface area contributed by atoms with E-state index in [4.69, 9.17) is 37.9 Å². The minimum Gasteiger partial charge on any atom is -0.466 e. The number of esters is 4. The lowest BCUT2D eigenvalue weighted by Crippen LogP contribution is -2.62. The Labute approximate surface area is 376 Å². The lowest BCUT2D eigenvalue weighted by molar-refractivity contribution is -0.361. The van der Waals surface area contributed by atoms with Gasteiger partial charge in [0.05, 0.1) is 63.4 Å². The Balaban J connectivity index is 1.89. The molecule has 0 aromatic heterocycles. The van der Waals surface area contributed by atoms with Gasteiger partial charge < -0.3 is 63.4 Å². The summed E-state index contributed by atoms with van der Waals surface area (Å²) >= 11 is 0. The maximum absolute atomic E-state index is 13.5. The molecular formula is C47H70O17. The van der Waals surface area contributed by atoms with Gasteiger partial charge in [-0.2, -0.15) is 0 Å². The van der Waals surface area contributed by atoms with E-state index in [-0.39, 0.29) is 50.5 Å². The molecular weight excluding hydrogens is 836 g/mol. The first-order valence-electron chi connectivity index (χ1n) is 22.1. The summed E-state index contributed by atoms with van der Waals surface area (Å²) in [6, 6.07) is 0. The predicted octanol–water partition coefficient (Wildman–Crippen LogP) is 4.07. The van der Waals surface area contributed by atoms with Crippen LogP contribution in [-0.2, 0) is 57.1 Å². The van der Waals surface area contributed by atoms with Gasteiger partial charge in [-0.3, -0.25) is 4.79 Å². The summed E-state index contributed by atoms with van der Waals surface area (Å²) in [4.78, 5) is 52.3. The zero-order valence-electron chi connectivity index (χ0n) is 38.6. The number of carbonyl (C=O) groups is 4. The van der Waals surface area contributed by atoms with Crippen LogP contribution in [0.3, 0.4) is 0 Å². The number of hydrogen-bond donors (Lipinski definition) is 5. The monoisotopic (exact) mass is 906 g/mol. The van der Waals surface area contributed by atoms with Gasteiger partial charge in [0.1, 0.15) is 6.10 Å². The van der Waals surface area contributed by atoms with Crippen molar-refractivity contribution in [1.82, 2.24) is 0 Å².